The molecule has 3 aromatic heterocycles. The standard InChI is InChI=1S/C29H27N5O3/c1-4-37-26(35)15-25(20-10-6-5-7-11-20)34-28-24(14-13-21(16-30)32-28)33(29(34)36)19(3)22-17-31-23-12-8-9-18(2)27(22)23/h5-14,17,19,25,31H,4,15H2,1-3H3/t19?,25-/m1/s1. The maximum absolute atomic E-state index is 14.2. The number of nitrogens with zero attached hydrogens (tertiary/aromatic N) is 4. The predicted octanol–water partition coefficient (Wildman–Crippen LogP) is 5.01. The second kappa shape index (κ2) is 9.78. The van der Waals surface area contributed by atoms with E-state index in [-0.39, 0.29) is 30.5 Å². The Labute approximate surface area is 213 Å². The second-order valence-corrected chi connectivity index (χ2v) is 9.03. The molecule has 0 aliphatic rings. The fourth-order valence-electron chi connectivity index (χ4n) is 5.11. The van der Waals surface area contributed by atoms with E-state index in [9.17, 15) is 14.9 Å². The average Bonchev–Trinajstić information content (AvgIpc) is 3.47. The number of pyridine rings is 1. The van der Waals surface area contributed by atoms with E-state index >= 15 is 0 Å². The van der Waals surface area contributed by atoms with Gasteiger partial charge in [-0.1, -0.05) is 42.5 Å². The van der Waals surface area contributed by atoms with Crippen molar-refractivity contribution in [2.24, 2.45) is 0 Å². The van der Waals surface area contributed by atoms with E-state index in [1.807, 2.05) is 68.6 Å². The van der Waals surface area contributed by atoms with Crippen molar-refractivity contribution in [2.75, 3.05) is 6.61 Å². The zero-order chi connectivity index (χ0) is 26.1. The Morgan fingerprint density at radius 2 is 1.89 bits per heavy atom. The van der Waals surface area contributed by atoms with Gasteiger partial charge in [-0.15, -0.1) is 0 Å². The number of ether oxygens (including phenoxy) is 1. The summed E-state index contributed by atoms with van der Waals surface area (Å²) >= 11 is 0. The molecule has 0 aliphatic carbocycles. The lowest BCUT2D eigenvalue weighted by atomic mass is 10.0. The van der Waals surface area contributed by atoms with Gasteiger partial charge in [-0.2, -0.15) is 5.26 Å². The van der Waals surface area contributed by atoms with Gasteiger partial charge in [0.25, 0.3) is 0 Å². The third-order valence-electron chi connectivity index (χ3n) is 6.81. The van der Waals surface area contributed by atoms with Crippen LogP contribution in [-0.4, -0.2) is 31.7 Å². The lowest BCUT2D eigenvalue weighted by Crippen LogP contribution is -2.31. The highest BCUT2D eigenvalue weighted by Crippen LogP contribution is 2.32. The van der Waals surface area contributed by atoms with Crippen LogP contribution in [0.25, 0.3) is 22.1 Å². The number of carbonyl (C=O) groups excluding carboxylic acids is 1. The molecular weight excluding hydrogens is 466 g/mol. The van der Waals surface area contributed by atoms with Gasteiger partial charge in [0.1, 0.15) is 11.8 Å². The molecule has 0 bridgehead atoms. The molecular formula is C29H27N5O3. The van der Waals surface area contributed by atoms with E-state index in [1.165, 1.54) is 4.57 Å². The number of imidazole rings is 1. The topological polar surface area (TPSA) is 106 Å². The zero-order valence-corrected chi connectivity index (χ0v) is 20.9. The van der Waals surface area contributed by atoms with Crippen LogP contribution in [-0.2, 0) is 9.53 Å². The Hall–Kier alpha value is -4.64. The number of fused-ring (bicyclic) bond motifs is 2. The molecule has 0 aliphatic heterocycles. The third-order valence-corrected chi connectivity index (χ3v) is 6.81. The van der Waals surface area contributed by atoms with Crippen LogP contribution < -0.4 is 5.69 Å². The summed E-state index contributed by atoms with van der Waals surface area (Å²) in [5.41, 5.74) is 4.66. The molecule has 8 heteroatoms. The van der Waals surface area contributed by atoms with Gasteiger partial charge in [0.05, 0.1) is 30.6 Å². The minimum atomic E-state index is -0.658. The molecule has 0 saturated heterocycles. The first-order chi connectivity index (χ1) is 17.9. The smallest absolute Gasteiger partial charge is 0.331 e. The van der Waals surface area contributed by atoms with Crippen LogP contribution in [0.2, 0.25) is 0 Å². The fourth-order valence-corrected chi connectivity index (χ4v) is 5.11. The van der Waals surface area contributed by atoms with Gasteiger partial charge in [-0.25, -0.2) is 9.78 Å². The third kappa shape index (κ3) is 4.19. The van der Waals surface area contributed by atoms with Crippen LogP contribution in [0.5, 0.6) is 0 Å². The van der Waals surface area contributed by atoms with Crippen molar-refractivity contribution in [3.05, 3.63) is 99.7 Å². The van der Waals surface area contributed by atoms with Gasteiger partial charge in [-0.3, -0.25) is 13.9 Å². The van der Waals surface area contributed by atoms with Crippen molar-refractivity contribution < 1.29 is 9.53 Å². The number of nitriles is 1. The monoisotopic (exact) mass is 493 g/mol. The van der Waals surface area contributed by atoms with E-state index in [4.69, 9.17) is 4.74 Å². The lowest BCUT2D eigenvalue weighted by Gasteiger charge is -2.18. The van der Waals surface area contributed by atoms with E-state index in [0.29, 0.717) is 11.2 Å². The minimum absolute atomic E-state index is 0.0457. The van der Waals surface area contributed by atoms with Crippen LogP contribution in [0.15, 0.2) is 71.7 Å². The Kier molecular flexibility index (Phi) is 6.36. The Morgan fingerprint density at radius 3 is 2.62 bits per heavy atom. The number of esters is 1. The normalized spacial score (nSPS) is 12.9. The highest BCUT2D eigenvalue weighted by molar-refractivity contribution is 5.87. The van der Waals surface area contributed by atoms with Crippen molar-refractivity contribution in [1.29, 1.82) is 5.26 Å². The zero-order valence-electron chi connectivity index (χ0n) is 20.9. The highest BCUT2D eigenvalue weighted by Gasteiger charge is 2.29. The van der Waals surface area contributed by atoms with Crippen LogP contribution in [0.1, 0.15) is 54.7 Å². The molecule has 2 atom stereocenters. The first-order valence-electron chi connectivity index (χ1n) is 12.2. The molecule has 8 nitrogen and oxygen atoms in total. The molecule has 0 radical (unpaired) electrons. The van der Waals surface area contributed by atoms with Crippen LogP contribution >= 0.6 is 0 Å². The van der Waals surface area contributed by atoms with Crippen molar-refractivity contribution in [2.45, 2.75) is 39.3 Å². The SMILES string of the molecule is CCOC(=O)C[C@H](c1ccccc1)n1c(=O)n(C(C)c2c[nH]c3cccc(C)c23)c2ccc(C#N)nc21. The maximum Gasteiger partial charge on any atom is 0.331 e. The van der Waals surface area contributed by atoms with E-state index in [1.54, 1.807) is 23.6 Å². The minimum Gasteiger partial charge on any atom is -0.466 e. The molecule has 0 saturated carbocycles. The number of aromatic nitrogens is 4. The molecule has 37 heavy (non-hydrogen) atoms. The number of hydrogen-bond donors (Lipinski definition) is 1. The lowest BCUT2D eigenvalue weighted by molar-refractivity contribution is -0.143. The van der Waals surface area contributed by atoms with Crippen LogP contribution in [0.4, 0.5) is 0 Å². The summed E-state index contributed by atoms with van der Waals surface area (Å²) in [5.74, 6) is -0.416. The second-order valence-electron chi connectivity index (χ2n) is 9.03. The number of H-pyrrole nitrogens is 1. The maximum atomic E-state index is 14.2. The summed E-state index contributed by atoms with van der Waals surface area (Å²) in [5, 5.41) is 10.6. The van der Waals surface area contributed by atoms with Crippen molar-refractivity contribution in [3.8, 4) is 6.07 Å². The van der Waals surface area contributed by atoms with Crippen molar-refractivity contribution >= 4 is 28.0 Å². The number of aryl methyl sites for hydroxylation is 1. The number of nitrogens with one attached hydrogen (secondary N) is 1. The molecule has 2 aromatic carbocycles. The van der Waals surface area contributed by atoms with Gasteiger partial charge in [-0.05, 0) is 50.1 Å². The number of aromatic amines is 1. The Bertz CT molecular complexity index is 1710. The molecule has 0 spiro atoms. The number of benzene rings is 2. The summed E-state index contributed by atoms with van der Waals surface area (Å²) in [6.07, 6.45) is 1.89. The summed E-state index contributed by atoms with van der Waals surface area (Å²) in [4.78, 5) is 34.8. The van der Waals surface area contributed by atoms with Crippen molar-refractivity contribution in [1.82, 2.24) is 19.1 Å². The van der Waals surface area contributed by atoms with Crippen molar-refractivity contribution in [3.63, 3.8) is 0 Å². The molecule has 0 fully saturated rings. The predicted molar refractivity (Wildman–Crippen MR) is 141 cm³/mol. The van der Waals surface area contributed by atoms with E-state index in [0.717, 1.165) is 27.6 Å². The van der Waals surface area contributed by atoms with Gasteiger partial charge >= 0.3 is 11.7 Å². The number of rotatable bonds is 7. The molecule has 3 heterocycles. The number of hydrogen-bond acceptors (Lipinski definition) is 5. The molecule has 1 N–H and O–H groups in total. The highest BCUT2D eigenvalue weighted by atomic mass is 16.5. The summed E-state index contributed by atoms with van der Waals surface area (Å²) < 4.78 is 8.47. The molecule has 1 unspecified atom stereocenters. The summed E-state index contributed by atoms with van der Waals surface area (Å²) in [6, 6.07) is 19.8. The van der Waals surface area contributed by atoms with Crippen LogP contribution in [0, 0.1) is 18.3 Å². The molecule has 5 aromatic rings. The quantitative estimate of drug-likeness (QED) is 0.321. The summed E-state index contributed by atoms with van der Waals surface area (Å²) in [7, 11) is 0. The Balaban J connectivity index is 1.77. The first-order valence-corrected chi connectivity index (χ1v) is 12.2. The van der Waals surface area contributed by atoms with Gasteiger partial charge in [0.15, 0.2) is 5.65 Å². The molecule has 5 rings (SSSR count). The molecule has 186 valence electrons. The van der Waals surface area contributed by atoms with E-state index < -0.39 is 12.0 Å². The largest absolute Gasteiger partial charge is 0.466 e. The van der Waals surface area contributed by atoms with Crippen LogP contribution in [0.3, 0.4) is 0 Å². The summed E-state index contributed by atoms with van der Waals surface area (Å²) in [6.45, 7) is 6.01. The van der Waals surface area contributed by atoms with Gasteiger partial charge < -0.3 is 9.72 Å². The first kappa shape index (κ1) is 24.1. The van der Waals surface area contributed by atoms with Gasteiger partial charge in [0, 0.05) is 22.7 Å². The molecule has 0 amide bonds. The van der Waals surface area contributed by atoms with Gasteiger partial charge in [0.2, 0.25) is 0 Å². The fraction of sp³-hybridized carbons (Fsp3) is 0.241. The van der Waals surface area contributed by atoms with E-state index in [2.05, 4.69) is 16.0 Å². The number of carbonyl (C=O) groups is 1. The average molecular weight is 494 g/mol. The Morgan fingerprint density at radius 1 is 1.11 bits per heavy atom.